The average Bonchev–Trinajstić information content (AvgIpc) is 3.19. The highest BCUT2D eigenvalue weighted by atomic mass is 16.1. The molecule has 3 rings (SSSR count). The van der Waals surface area contributed by atoms with Crippen molar-refractivity contribution in [1.82, 2.24) is 10.6 Å². The van der Waals surface area contributed by atoms with Gasteiger partial charge in [0.05, 0.1) is 0 Å². The molecule has 0 aromatic heterocycles. The van der Waals surface area contributed by atoms with Crippen molar-refractivity contribution in [2.24, 2.45) is 0 Å². The number of aryl methyl sites for hydroxylation is 1. The van der Waals surface area contributed by atoms with Gasteiger partial charge in [0.25, 0.3) is 0 Å². The van der Waals surface area contributed by atoms with Gasteiger partial charge in [0, 0.05) is 24.5 Å². The van der Waals surface area contributed by atoms with Crippen molar-refractivity contribution in [2.75, 3.05) is 6.54 Å². The van der Waals surface area contributed by atoms with Crippen LogP contribution < -0.4 is 10.6 Å². The van der Waals surface area contributed by atoms with Crippen LogP contribution in [0.3, 0.4) is 0 Å². The monoisotopic (exact) mass is 258 g/mol. The normalized spacial score (nSPS) is 25.5. The van der Waals surface area contributed by atoms with Crippen molar-refractivity contribution in [3.8, 4) is 0 Å². The Labute approximate surface area is 114 Å². The second-order valence-corrected chi connectivity index (χ2v) is 5.97. The molecule has 1 aromatic rings. The number of amides is 1. The SMILES string of the molecule is Cc1ccc(C2(NC3CCNC(=O)CC3)CC2)cc1. The molecule has 3 nitrogen and oxygen atoms in total. The predicted molar refractivity (Wildman–Crippen MR) is 75.9 cm³/mol. The summed E-state index contributed by atoms with van der Waals surface area (Å²) in [6.45, 7) is 2.93. The molecule has 1 saturated carbocycles. The van der Waals surface area contributed by atoms with Crippen molar-refractivity contribution in [3.05, 3.63) is 35.4 Å². The molecule has 2 fully saturated rings. The van der Waals surface area contributed by atoms with E-state index in [1.807, 2.05) is 0 Å². The van der Waals surface area contributed by atoms with Gasteiger partial charge in [-0.1, -0.05) is 29.8 Å². The molecule has 1 atom stereocenters. The van der Waals surface area contributed by atoms with Gasteiger partial charge in [0.15, 0.2) is 0 Å². The Morgan fingerprint density at radius 2 is 1.95 bits per heavy atom. The van der Waals surface area contributed by atoms with Crippen LogP contribution in [0.4, 0.5) is 0 Å². The number of carbonyl (C=O) groups is 1. The summed E-state index contributed by atoms with van der Waals surface area (Å²) in [6, 6.07) is 9.33. The van der Waals surface area contributed by atoms with E-state index in [4.69, 9.17) is 0 Å². The first-order valence-corrected chi connectivity index (χ1v) is 7.29. The lowest BCUT2D eigenvalue weighted by molar-refractivity contribution is -0.120. The fourth-order valence-electron chi connectivity index (χ4n) is 2.97. The van der Waals surface area contributed by atoms with Gasteiger partial charge in [0.1, 0.15) is 0 Å². The van der Waals surface area contributed by atoms with Gasteiger partial charge in [-0.15, -0.1) is 0 Å². The largest absolute Gasteiger partial charge is 0.356 e. The number of carbonyl (C=O) groups excluding carboxylic acids is 1. The Morgan fingerprint density at radius 3 is 2.63 bits per heavy atom. The Morgan fingerprint density at radius 1 is 1.21 bits per heavy atom. The number of hydrogen-bond donors (Lipinski definition) is 2. The second-order valence-electron chi connectivity index (χ2n) is 5.97. The molecule has 2 aliphatic rings. The van der Waals surface area contributed by atoms with E-state index in [9.17, 15) is 4.79 Å². The van der Waals surface area contributed by atoms with Gasteiger partial charge < -0.3 is 10.6 Å². The molecule has 1 aliphatic carbocycles. The van der Waals surface area contributed by atoms with Crippen molar-refractivity contribution in [3.63, 3.8) is 0 Å². The van der Waals surface area contributed by atoms with Crippen molar-refractivity contribution < 1.29 is 4.79 Å². The molecule has 0 radical (unpaired) electrons. The third-order valence-electron chi connectivity index (χ3n) is 4.37. The van der Waals surface area contributed by atoms with Gasteiger partial charge in [-0.25, -0.2) is 0 Å². The van der Waals surface area contributed by atoms with Crippen molar-refractivity contribution in [2.45, 2.75) is 50.6 Å². The van der Waals surface area contributed by atoms with Gasteiger partial charge in [0.2, 0.25) is 5.91 Å². The quantitative estimate of drug-likeness (QED) is 0.873. The van der Waals surface area contributed by atoms with E-state index in [0.29, 0.717) is 12.5 Å². The second kappa shape index (κ2) is 4.97. The summed E-state index contributed by atoms with van der Waals surface area (Å²) in [5, 5.41) is 6.76. The lowest BCUT2D eigenvalue weighted by atomic mass is 10.00. The summed E-state index contributed by atoms with van der Waals surface area (Å²) in [5.41, 5.74) is 2.90. The van der Waals surface area contributed by atoms with Crippen LogP contribution in [0, 0.1) is 6.92 Å². The molecule has 1 saturated heterocycles. The average molecular weight is 258 g/mol. The Bertz CT molecular complexity index is 462. The molecule has 1 unspecified atom stereocenters. The Hall–Kier alpha value is -1.35. The van der Waals surface area contributed by atoms with Crippen LogP contribution in [0.5, 0.6) is 0 Å². The molecular weight excluding hydrogens is 236 g/mol. The number of nitrogens with one attached hydrogen (secondary N) is 2. The van der Waals surface area contributed by atoms with E-state index in [0.717, 1.165) is 19.4 Å². The molecular formula is C16H22N2O. The molecule has 19 heavy (non-hydrogen) atoms. The smallest absolute Gasteiger partial charge is 0.220 e. The van der Waals surface area contributed by atoms with E-state index < -0.39 is 0 Å². The molecule has 0 bridgehead atoms. The lowest BCUT2D eigenvalue weighted by Gasteiger charge is -2.25. The first-order chi connectivity index (χ1) is 9.18. The first kappa shape index (κ1) is 12.7. The highest BCUT2D eigenvalue weighted by molar-refractivity contribution is 5.76. The first-order valence-electron chi connectivity index (χ1n) is 7.29. The van der Waals surface area contributed by atoms with Crippen LogP contribution in [0.25, 0.3) is 0 Å². The molecule has 2 N–H and O–H groups in total. The van der Waals surface area contributed by atoms with E-state index in [1.165, 1.54) is 24.0 Å². The third-order valence-corrected chi connectivity index (χ3v) is 4.37. The molecule has 102 valence electrons. The van der Waals surface area contributed by atoms with Gasteiger partial charge in [-0.3, -0.25) is 4.79 Å². The van der Waals surface area contributed by atoms with Crippen LogP contribution in [0.2, 0.25) is 0 Å². The van der Waals surface area contributed by atoms with E-state index in [1.54, 1.807) is 0 Å². The minimum Gasteiger partial charge on any atom is -0.356 e. The van der Waals surface area contributed by atoms with Crippen LogP contribution in [-0.4, -0.2) is 18.5 Å². The van der Waals surface area contributed by atoms with Crippen LogP contribution >= 0.6 is 0 Å². The summed E-state index contributed by atoms with van der Waals surface area (Å²) < 4.78 is 0. The number of hydrogen-bond acceptors (Lipinski definition) is 2. The zero-order valence-corrected chi connectivity index (χ0v) is 11.5. The predicted octanol–water partition coefficient (Wildman–Crippen LogP) is 2.24. The van der Waals surface area contributed by atoms with Crippen molar-refractivity contribution in [1.29, 1.82) is 0 Å². The van der Waals surface area contributed by atoms with Crippen LogP contribution in [0.15, 0.2) is 24.3 Å². The maximum absolute atomic E-state index is 11.4. The summed E-state index contributed by atoms with van der Waals surface area (Å²) in [5.74, 6) is 0.199. The molecule has 3 heteroatoms. The third kappa shape index (κ3) is 2.81. The van der Waals surface area contributed by atoms with Gasteiger partial charge in [-0.05, 0) is 38.2 Å². The maximum atomic E-state index is 11.4. The zero-order valence-electron chi connectivity index (χ0n) is 11.5. The van der Waals surface area contributed by atoms with E-state index >= 15 is 0 Å². The lowest BCUT2D eigenvalue weighted by Crippen LogP contribution is -2.38. The van der Waals surface area contributed by atoms with Crippen molar-refractivity contribution >= 4 is 5.91 Å². The fraction of sp³-hybridized carbons (Fsp3) is 0.562. The molecule has 1 aromatic carbocycles. The summed E-state index contributed by atoms with van der Waals surface area (Å²) in [4.78, 5) is 11.4. The summed E-state index contributed by atoms with van der Waals surface area (Å²) >= 11 is 0. The zero-order chi connectivity index (χ0) is 13.3. The molecule has 1 heterocycles. The highest BCUT2D eigenvalue weighted by Gasteiger charge is 2.45. The van der Waals surface area contributed by atoms with E-state index in [2.05, 4.69) is 41.8 Å². The van der Waals surface area contributed by atoms with Crippen LogP contribution in [0.1, 0.15) is 43.2 Å². The summed E-state index contributed by atoms with van der Waals surface area (Å²) in [7, 11) is 0. The summed E-state index contributed by atoms with van der Waals surface area (Å²) in [6.07, 6.45) is 5.09. The fourth-order valence-corrected chi connectivity index (χ4v) is 2.97. The Balaban J connectivity index is 1.68. The number of rotatable bonds is 3. The topological polar surface area (TPSA) is 41.1 Å². The molecule has 0 spiro atoms. The number of benzene rings is 1. The Kier molecular flexibility index (Phi) is 3.31. The molecule has 1 amide bonds. The minimum absolute atomic E-state index is 0.186. The maximum Gasteiger partial charge on any atom is 0.220 e. The van der Waals surface area contributed by atoms with E-state index in [-0.39, 0.29) is 11.4 Å². The molecule has 1 aliphatic heterocycles. The standard InChI is InChI=1S/C16H22N2O/c1-12-2-4-13(5-3-12)16(9-10-16)18-14-6-7-15(19)17-11-8-14/h2-5,14,18H,6-11H2,1H3,(H,17,19). The van der Waals surface area contributed by atoms with Gasteiger partial charge in [-0.2, -0.15) is 0 Å². The van der Waals surface area contributed by atoms with Gasteiger partial charge >= 0.3 is 0 Å². The highest BCUT2D eigenvalue weighted by Crippen LogP contribution is 2.46. The van der Waals surface area contributed by atoms with Crippen LogP contribution in [-0.2, 0) is 10.3 Å². The minimum atomic E-state index is 0.186.